The number of nitrogens with zero attached hydrogens (tertiary/aromatic N) is 1. The van der Waals surface area contributed by atoms with Gasteiger partial charge in [0.15, 0.2) is 0 Å². The third-order valence-electron chi connectivity index (χ3n) is 5.86. The molecule has 2 amide bonds. The van der Waals surface area contributed by atoms with E-state index in [4.69, 9.17) is 0 Å². The summed E-state index contributed by atoms with van der Waals surface area (Å²) < 4.78 is 13.2. The summed E-state index contributed by atoms with van der Waals surface area (Å²) in [6.07, 6.45) is 4.88. The Balaban J connectivity index is 1.34. The fourth-order valence-electron chi connectivity index (χ4n) is 4.48. The number of hydrogen-bond acceptors (Lipinski definition) is 4. The van der Waals surface area contributed by atoms with Crippen molar-refractivity contribution in [2.24, 2.45) is 11.8 Å². The molecule has 1 aromatic rings. The Labute approximate surface area is 152 Å². The number of carbonyl (C=O) groups excluding carboxylic acids is 2. The van der Waals surface area contributed by atoms with Gasteiger partial charge in [-0.15, -0.1) is 0 Å². The Morgan fingerprint density at radius 3 is 2.96 bits per heavy atom. The third kappa shape index (κ3) is 3.46. The van der Waals surface area contributed by atoms with Gasteiger partial charge in [-0.2, -0.15) is 0 Å². The number of amides is 2. The largest absolute Gasteiger partial charge is 0.352 e. The lowest BCUT2D eigenvalue weighted by molar-refractivity contribution is -0.131. The Morgan fingerprint density at radius 1 is 1.27 bits per heavy atom. The van der Waals surface area contributed by atoms with Crippen LogP contribution in [0.4, 0.5) is 4.39 Å². The highest BCUT2D eigenvalue weighted by Gasteiger charge is 2.46. The van der Waals surface area contributed by atoms with Crippen molar-refractivity contribution in [3.8, 4) is 0 Å². The number of benzene rings is 1. The van der Waals surface area contributed by atoms with Crippen LogP contribution in [0.1, 0.15) is 37.7 Å². The zero-order chi connectivity index (χ0) is 18.1. The summed E-state index contributed by atoms with van der Waals surface area (Å²) in [7, 11) is 0. The van der Waals surface area contributed by atoms with E-state index in [1.165, 1.54) is 25.0 Å². The number of hydrazine groups is 1. The van der Waals surface area contributed by atoms with Crippen LogP contribution in [-0.2, 0) is 16.1 Å². The molecule has 3 aliphatic rings. The molecular weight excluding hydrogens is 335 g/mol. The van der Waals surface area contributed by atoms with E-state index < -0.39 is 0 Å². The first-order valence-corrected chi connectivity index (χ1v) is 9.44. The van der Waals surface area contributed by atoms with Gasteiger partial charge in [-0.3, -0.25) is 15.0 Å². The van der Waals surface area contributed by atoms with Gasteiger partial charge >= 0.3 is 0 Å². The first-order valence-electron chi connectivity index (χ1n) is 9.44. The molecular formula is C19H25FN4O2. The molecule has 0 aromatic heterocycles. The van der Waals surface area contributed by atoms with E-state index in [-0.39, 0.29) is 42.7 Å². The highest BCUT2D eigenvalue weighted by molar-refractivity contribution is 5.89. The van der Waals surface area contributed by atoms with Gasteiger partial charge in [-0.05, 0) is 30.5 Å². The number of halogens is 1. The van der Waals surface area contributed by atoms with E-state index in [0.717, 1.165) is 12.8 Å². The normalized spacial score (nSPS) is 31.1. The molecule has 1 aromatic carbocycles. The molecule has 1 aliphatic carbocycles. The standard InChI is InChI=1S/C19H25FN4O2/c20-14-5-3-4-12(8-14)10-21-19(26)13-9-17(25)24(11-13)18-15-6-1-2-7-16(15)22-23-18/h3-5,8,13,15-16,18,22-23H,1-2,6-7,9-11H2,(H,21,26). The van der Waals surface area contributed by atoms with Crippen LogP contribution in [0.5, 0.6) is 0 Å². The second kappa shape index (κ2) is 7.32. The summed E-state index contributed by atoms with van der Waals surface area (Å²) >= 11 is 0. The second-order valence-corrected chi connectivity index (χ2v) is 7.58. The molecule has 0 radical (unpaired) electrons. The highest BCUT2D eigenvalue weighted by atomic mass is 19.1. The fourth-order valence-corrected chi connectivity index (χ4v) is 4.48. The van der Waals surface area contributed by atoms with Gasteiger partial charge in [0.2, 0.25) is 11.8 Å². The lowest BCUT2D eigenvalue weighted by Crippen LogP contribution is -2.48. The number of fused-ring (bicyclic) bond motifs is 1. The predicted molar refractivity (Wildman–Crippen MR) is 93.9 cm³/mol. The lowest BCUT2D eigenvalue weighted by atomic mass is 9.84. The SMILES string of the molecule is O=C(NCc1cccc(F)c1)C1CC(=O)N(C2NNC3CCCCC32)C1. The summed E-state index contributed by atoms with van der Waals surface area (Å²) in [5.41, 5.74) is 7.31. The van der Waals surface area contributed by atoms with Gasteiger partial charge in [0.05, 0.1) is 12.1 Å². The van der Waals surface area contributed by atoms with Gasteiger partial charge in [-0.1, -0.05) is 25.0 Å². The number of likely N-dealkylation sites (tertiary alicyclic amines) is 1. The van der Waals surface area contributed by atoms with Gasteiger partial charge in [0.25, 0.3) is 0 Å². The quantitative estimate of drug-likeness (QED) is 0.756. The van der Waals surface area contributed by atoms with Crippen LogP contribution in [0, 0.1) is 17.7 Å². The van der Waals surface area contributed by atoms with Crippen molar-refractivity contribution in [3.63, 3.8) is 0 Å². The number of rotatable bonds is 4. The monoisotopic (exact) mass is 360 g/mol. The highest BCUT2D eigenvalue weighted by Crippen LogP contribution is 2.34. The van der Waals surface area contributed by atoms with Crippen LogP contribution in [0.2, 0.25) is 0 Å². The molecule has 140 valence electrons. The zero-order valence-corrected chi connectivity index (χ0v) is 14.7. The van der Waals surface area contributed by atoms with Gasteiger partial charge in [0.1, 0.15) is 5.82 Å². The number of carbonyl (C=O) groups is 2. The van der Waals surface area contributed by atoms with Gasteiger partial charge in [-0.25, -0.2) is 9.82 Å². The van der Waals surface area contributed by atoms with Gasteiger partial charge in [0, 0.05) is 31.5 Å². The average Bonchev–Trinajstić information content (AvgIpc) is 3.23. The fraction of sp³-hybridized carbons (Fsp3) is 0.579. The van der Waals surface area contributed by atoms with E-state index >= 15 is 0 Å². The first-order chi connectivity index (χ1) is 12.6. The molecule has 0 bridgehead atoms. The first kappa shape index (κ1) is 17.4. The van der Waals surface area contributed by atoms with E-state index in [2.05, 4.69) is 16.2 Å². The van der Waals surface area contributed by atoms with E-state index in [9.17, 15) is 14.0 Å². The predicted octanol–water partition coefficient (Wildman–Crippen LogP) is 1.28. The average molecular weight is 360 g/mol. The molecule has 2 heterocycles. The molecule has 6 nitrogen and oxygen atoms in total. The van der Waals surface area contributed by atoms with Crippen LogP contribution >= 0.6 is 0 Å². The minimum atomic E-state index is -0.347. The van der Waals surface area contributed by atoms with Crippen molar-refractivity contribution in [2.75, 3.05) is 6.54 Å². The number of hydrogen-bond donors (Lipinski definition) is 3. The van der Waals surface area contributed by atoms with Crippen LogP contribution in [-0.4, -0.2) is 35.5 Å². The molecule has 1 saturated carbocycles. The van der Waals surface area contributed by atoms with Crippen molar-refractivity contribution in [1.82, 2.24) is 21.1 Å². The summed E-state index contributed by atoms with van der Waals surface area (Å²) in [6, 6.07) is 6.59. The van der Waals surface area contributed by atoms with Crippen molar-refractivity contribution >= 4 is 11.8 Å². The maximum atomic E-state index is 13.2. The van der Waals surface area contributed by atoms with Crippen molar-refractivity contribution < 1.29 is 14.0 Å². The van der Waals surface area contributed by atoms with Crippen molar-refractivity contribution in [3.05, 3.63) is 35.6 Å². The van der Waals surface area contributed by atoms with Crippen molar-refractivity contribution in [1.29, 1.82) is 0 Å². The Bertz CT molecular complexity index is 698. The second-order valence-electron chi connectivity index (χ2n) is 7.58. The van der Waals surface area contributed by atoms with E-state index in [0.29, 0.717) is 24.1 Å². The smallest absolute Gasteiger partial charge is 0.225 e. The molecule has 3 N–H and O–H groups in total. The Morgan fingerprint density at radius 2 is 2.12 bits per heavy atom. The minimum Gasteiger partial charge on any atom is -0.352 e. The zero-order valence-electron chi connectivity index (χ0n) is 14.7. The van der Waals surface area contributed by atoms with E-state index in [1.807, 2.05) is 4.90 Å². The molecule has 2 aliphatic heterocycles. The lowest BCUT2D eigenvalue weighted by Gasteiger charge is -2.32. The molecule has 7 heteroatoms. The van der Waals surface area contributed by atoms with Crippen molar-refractivity contribution in [2.45, 2.75) is 50.9 Å². The topological polar surface area (TPSA) is 73.5 Å². The molecule has 4 atom stereocenters. The molecule has 2 saturated heterocycles. The molecule has 3 fully saturated rings. The van der Waals surface area contributed by atoms with Crippen LogP contribution in [0.3, 0.4) is 0 Å². The minimum absolute atomic E-state index is 0.0196. The third-order valence-corrected chi connectivity index (χ3v) is 5.86. The van der Waals surface area contributed by atoms with Crippen LogP contribution in [0.25, 0.3) is 0 Å². The Hall–Kier alpha value is -1.99. The summed E-state index contributed by atoms with van der Waals surface area (Å²) in [6.45, 7) is 0.714. The molecule has 4 rings (SSSR count). The summed E-state index contributed by atoms with van der Waals surface area (Å²) in [4.78, 5) is 26.8. The maximum Gasteiger partial charge on any atom is 0.225 e. The Kier molecular flexibility index (Phi) is 4.91. The van der Waals surface area contributed by atoms with Gasteiger partial charge < -0.3 is 10.2 Å². The van der Waals surface area contributed by atoms with E-state index in [1.54, 1.807) is 12.1 Å². The molecule has 26 heavy (non-hydrogen) atoms. The maximum absolute atomic E-state index is 13.2. The summed E-state index contributed by atoms with van der Waals surface area (Å²) in [5, 5.41) is 2.84. The van der Waals surface area contributed by atoms with Crippen LogP contribution in [0.15, 0.2) is 24.3 Å². The van der Waals surface area contributed by atoms with Crippen LogP contribution < -0.4 is 16.2 Å². The number of nitrogens with one attached hydrogen (secondary N) is 3. The summed E-state index contributed by atoms with van der Waals surface area (Å²) in [5.74, 6) is -0.360. The molecule has 4 unspecified atom stereocenters. The molecule has 0 spiro atoms.